The van der Waals surface area contributed by atoms with E-state index in [2.05, 4.69) is 0 Å². The summed E-state index contributed by atoms with van der Waals surface area (Å²) in [5.74, 6) is 0.663. The second kappa shape index (κ2) is 6.17. The van der Waals surface area contributed by atoms with Crippen molar-refractivity contribution >= 4 is 11.9 Å². The van der Waals surface area contributed by atoms with E-state index in [9.17, 15) is 4.79 Å². The average molecular weight is 312 g/mol. The number of hydrogen-bond acceptors (Lipinski definition) is 2. The molecule has 0 aromatic heterocycles. The van der Waals surface area contributed by atoms with Gasteiger partial charge in [-0.15, -0.1) is 0 Å². The van der Waals surface area contributed by atoms with Crippen LogP contribution in [-0.2, 0) is 0 Å². The largest absolute Gasteiger partial charge is 0.480 e. The summed E-state index contributed by atoms with van der Waals surface area (Å²) >= 11 is 0. The molecule has 3 aromatic carbocycles. The molecule has 0 saturated carbocycles. The van der Waals surface area contributed by atoms with Gasteiger partial charge < -0.3 is 4.74 Å². The number of ketones is 1. The molecule has 0 spiro atoms. The minimum atomic E-state index is -0.395. The molecule has 0 aliphatic carbocycles. The Morgan fingerprint density at radius 1 is 0.750 bits per heavy atom. The Balaban J connectivity index is 1.87. The lowest BCUT2D eigenvalue weighted by molar-refractivity contribution is 0.0963. The summed E-state index contributed by atoms with van der Waals surface area (Å²) in [6, 6.07) is 27.2. The molecule has 24 heavy (non-hydrogen) atoms. The van der Waals surface area contributed by atoms with Gasteiger partial charge in [-0.05, 0) is 29.3 Å². The molecule has 1 aliphatic heterocycles. The van der Waals surface area contributed by atoms with Crippen LogP contribution in [0.2, 0.25) is 0 Å². The lowest BCUT2D eigenvalue weighted by atomic mass is 9.89. The van der Waals surface area contributed by atoms with Gasteiger partial charge in [0.05, 0.1) is 5.56 Å². The van der Waals surface area contributed by atoms with E-state index in [0.717, 1.165) is 11.1 Å². The van der Waals surface area contributed by atoms with E-state index in [1.54, 1.807) is 0 Å². The number of hydrogen-bond donors (Lipinski definition) is 0. The number of carbonyl (C=O) groups is 1. The summed E-state index contributed by atoms with van der Waals surface area (Å²) in [5, 5.41) is 0. The van der Waals surface area contributed by atoms with E-state index in [1.807, 2.05) is 91.0 Å². The molecule has 0 N–H and O–H groups in total. The third-order valence-corrected chi connectivity index (χ3v) is 4.15. The summed E-state index contributed by atoms with van der Waals surface area (Å²) in [7, 11) is 0. The molecule has 1 heterocycles. The van der Waals surface area contributed by atoms with Crippen molar-refractivity contribution in [2.75, 3.05) is 0 Å². The fraction of sp³-hybridized carbons (Fsp3) is 0.0455. The molecule has 2 nitrogen and oxygen atoms in total. The highest BCUT2D eigenvalue weighted by molar-refractivity contribution is 6.14. The Morgan fingerprint density at radius 3 is 2.12 bits per heavy atom. The Bertz CT molecular complexity index is 896. The third-order valence-electron chi connectivity index (χ3n) is 4.15. The highest BCUT2D eigenvalue weighted by Gasteiger charge is 2.32. The van der Waals surface area contributed by atoms with Gasteiger partial charge in [-0.1, -0.05) is 72.8 Å². The van der Waals surface area contributed by atoms with Crippen LogP contribution in [0.15, 0.2) is 90.5 Å². The maximum Gasteiger partial charge on any atom is 0.196 e. The van der Waals surface area contributed by atoms with Gasteiger partial charge in [0.25, 0.3) is 0 Å². The zero-order chi connectivity index (χ0) is 16.4. The van der Waals surface area contributed by atoms with Crippen LogP contribution in [-0.4, -0.2) is 5.78 Å². The lowest BCUT2D eigenvalue weighted by Gasteiger charge is -2.28. The lowest BCUT2D eigenvalue weighted by Crippen LogP contribution is -2.23. The Hall–Kier alpha value is -3.13. The first kappa shape index (κ1) is 14.5. The molecule has 0 saturated heterocycles. The molecule has 116 valence electrons. The summed E-state index contributed by atoms with van der Waals surface area (Å²) < 4.78 is 6.18. The van der Waals surface area contributed by atoms with Crippen molar-refractivity contribution in [3.8, 4) is 5.75 Å². The number of benzene rings is 3. The van der Waals surface area contributed by atoms with Crippen LogP contribution < -0.4 is 4.74 Å². The van der Waals surface area contributed by atoms with Gasteiger partial charge in [-0.2, -0.15) is 0 Å². The quantitative estimate of drug-likeness (QED) is 0.616. The molecule has 1 aliphatic rings. The molecule has 0 fully saturated rings. The molecule has 1 atom stereocenters. The van der Waals surface area contributed by atoms with Gasteiger partial charge in [0, 0.05) is 5.57 Å². The highest BCUT2D eigenvalue weighted by atomic mass is 16.5. The van der Waals surface area contributed by atoms with Crippen molar-refractivity contribution < 1.29 is 9.53 Å². The first-order valence-corrected chi connectivity index (χ1v) is 7.95. The van der Waals surface area contributed by atoms with Crippen LogP contribution in [0.1, 0.15) is 27.6 Å². The number of ether oxygens (including phenoxy) is 1. The Morgan fingerprint density at radius 2 is 1.38 bits per heavy atom. The monoisotopic (exact) mass is 312 g/mol. The van der Waals surface area contributed by atoms with Crippen molar-refractivity contribution in [1.29, 1.82) is 0 Å². The molecule has 3 aromatic rings. The zero-order valence-corrected chi connectivity index (χ0v) is 13.1. The Labute approximate surface area is 141 Å². The van der Waals surface area contributed by atoms with E-state index in [4.69, 9.17) is 4.74 Å². The van der Waals surface area contributed by atoms with Crippen LogP contribution in [0.3, 0.4) is 0 Å². The predicted octanol–water partition coefficient (Wildman–Crippen LogP) is 5.09. The van der Waals surface area contributed by atoms with Crippen molar-refractivity contribution in [2.45, 2.75) is 6.10 Å². The molecule has 4 rings (SSSR count). The van der Waals surface area contributed by atoms with Crippen molar-refractivity contribution in [1.82, 2.24) is 0 Å². The fourth-order valence-corrected chi connectivity index (χ4v) is 2.97. The van der Waals surface area contributed by atoms with Gasteiger partial charge in [-0.25, -0.2) is 0 Å². The molecule has 2 heteroatoms. The molecular weight excluding hydrogens is 296 g/mol. The number of rotatable bonds is 2. The van der Waals surface area contributed by atoms with E-state index >= 15 is 0 Å². The third kappa shape index (κ3) is 2.63. The molecule has 0 amide bonds. The van der Waals surface area contributed by atoms with Gasteiger partial charge in [0.15, 0.2) is 11.9 Å². The van der Waals surface area contributed by atoms with Crippen LogP contribution in [0.5, 0.6) is 5.75 Å². The first-order valence-electron chi connectivity index (χ1n) is 7.95. The van der Waals surface area contributed by atoms with Gasteiger partial charge in [0.1, 0.15) is 5.75 Å². The minimum absolute atomic E-state index is 0.0227. The summed E-state index contributed by atoms with van der Waals surface area (Å²) in [6.07, 6.45) is 1.53. The fourth-order valence-electron chi connectivity index (χ4n) is 2.97. The topological polar surface area (TPSA) is 26.3 Å². The standard InChI is InChI=1S/C22H16O2/c23-21-18-13-7-8-14-20(18)24-22(17-11-5-2-6-12-17)19(21)15-16-9-3-1-4-10-16/h1-15,22H. The second-order valence-electron chi connectivity index (χ2n) is 5.74. The molecule has 0 radical (unpaired) electrons. The molecule has 0 bridgehead atoms. The van der Waals surface area contributed by atoms with Crippen LogP contribution in [0.25, 0.3) is 6.08 Å². The number of fused-ring (bicyclic) bond motifs is 1. The van der Waals surface area contributed by atoms with Crippen LogP contribution >= 0.6 is 0 Å². The Kier molecular flexibility index (Phi) is 3.72. The van der Waals surface area contributed by atoms with Gasteiger partial charge >= 0.3 is 0 Å². The predicted molar refractivity (Wildman–Crippen MR) is 95.0 cm³/mol. The SMILES string of the molecule is O=C1C(=Cc2ccccc2)C(c2ccccc2)Oc2ccccc21. The van der Waals surface area contributed by atoms with E-state index in [1.165, 1.54) is 0 Å². The minimum Gasteiger partial charge on any atom is -0.480 e. The van der Waals surface area contributed by atoms with Crippen LogP contribution in [0, 0.1) is 0 Å². The van der Waals surface area contributed by atoms with E-state index in [0.29, 0.717) is 16.9 Å². The van der Waals surface area contributed by atoms with E-state index in [-0.39, 0.29) is 5.78 Å². The summed E-state index contributed by atoms with van der Waals surface area (Å²) in [6.45, 7) is 0. The normalized spacial score (nSPS) is 18.1. The summed E-state index contributed by atoms with van der Waals surface area (Å²) in [4.78, 5) is 13.1. The van der Waals surface area contributed by atoms with Gasteiger partial charge in [0.2, 0.25) is 0 Å². The number of carbonyl (C=O) groups excluding carboxylic acids is 1. The molecule has 1 unspecified atom stereocenters. The zero-order valence-electron chi connectivity index (χ0n) is 13.1. The van der Waals surface area contributed by atoms with Crippen LogP contribution in [0.4, 0.5) is 0 Å². The van der Waals surface area contributed by atoms with Crippen molar-refractivity contribution in [3.63, 3.8) is 0 Å². The first-order chi connectivity index (χ1) is 11.8. The maximum absolute atomic E-state index is 13.1. The summed E-state index contributed by atoms with van der Waals surface area (Å²) in [5.41, 5.74) is 3.24. The van der Waals surface area contributed by atoms with Crippen molar-refractivity contribution in [2.24, 2.45) is 0 Å². The van der Waals surface area contributed by atoms with Gasteiger partial charge in [-0.3, -0.25) is 4.79 Å². The molecular formula is C22H16O2. The smallest absolute Gasteiger partial charge is 0.196 e. The number of para-hydroxylation sites is 1. The second-order valence-corrected chi connectivity index (χ2v) is 5.74. The maximum atomic E-state index is 13.1. The van der Waals surface area contributed by atoms with Crippen molar-refractivity contribution in [3.05, 3.63) is 107 Å². The number of Topliss-reactive ketones (excluding diaryl/α,β-unsaturated/α-hetero) is 1. The van der Waals surface area contributed by atoms with E-state index < -0.39 is 6.10 Å². The highest BCUT2D eigenvalue weighted by Crippen LogP contribution is 2.39. The average Bonchev–Trinajstić information content (AvgIpc) is 2.65.